The van der Waals surface area contributed by atoms with Crippen LogP contribution in [0.2, 0.25) is 5.02 Å². The number of nitrogens with zero attached hydrogens (tertiary/aromatic N) is 1. The van der Waals surface area contributed by atoms with Crippen molar-refractivity contribution < 1.29 is 4.79 Å². The zero-order valence-corrected chi connectivity index (χ0v) is 11.6. The Morgan fingerprint density at radius 1 is 1.44 bits per heavy atom. The van der Waals surface area contributed by atoms with E-state index < -0.39 is 0 Å². The monoisotopic (exact) mass is 285 g/mol. The molecule has 0 atom stereocenters. The molecule has 1 saturated heterocycles. The molecule has 3 N–H and O–H groups in total. The van der Waals surface area contributed by atoms with Crippen molar-refractivity contribution in [2.24, 2.45) is 0 Å². The van der Waals surface area contributed by atoms with Crippen molar-refractivity contribution in [3.05, 3.63) is 23.2 Å². The Bertz CT molecular complexity index is 435. The topological polar surface area (TPSA) is 58.4 Å². The van der Waals surface area contributed by atoms with Crippen LogP contribution >= 0.6 is 23.4 Å². The molecular weight excluding hydrogens is 270 g/mol. The number of halogens is 1. The Balaban J connectivity index is 1.88. The zero-order chi connectivity index (χ0) is 13.0. The van der Waals surface area contributed by atoms with Crippen molar-refractivity contribution in [1.82, 2.24) is 10.2 Å². The van der Waals surface area contributed by atoms with E-state index in [1.54, 1.807) is 12.1 Å². The normalized spacial score (nSPS) is 15.7. The smallest absolute Gasteiger partial charge is 0.233 e. The average Bonchev–Trinajstić information content (AvgIpc) is 2.38. The number of hydrogen-bond acceptors (Lipinski definition) is 4. The van der Waals surface area contributed by atoms with E-state index in [0.717, 1.165) is 31.1 Å². The maximum atomic E-state index is 12.0. The van der Waals surface area contributed by atoms with E-state index in [9.17, 15) is 4.79 Å². The van der Waals surface area contributed by atoms with Crippen molar-refractivity contribution in [3.8, 4) is 0 Å². The predicted octanol–water partition coefficient (Wildman–Crippen LogP) is 1.45. The van der Waals surface area contributed by atoms with Crippen LogP contribution in [0.25, 0.3) is 0 Å². The lowest BCUT2D eigenvalue weighted by Gasteiger charge is -2.27. The Hall–Kier alpha value is -0.910. The molecule has 0 aliphatic carbocycles. The molecule has 4 nitrogen and oxygen atoms in total. The number of anilines is 1. The van der Waals surface area contributed by atoms with Gasteiger partial charge in [-0.2, -0.15) is 0 Å². The van der Waals surface area contributed by atoms with E-state index in [0.29, 0.717) is 16.5 Å². The minimum atomic E-state index is 0.163. The maximum absolute atomic E-state index is 12.0. The van der Waals surface area contributed by atoms with Gasteiger partial charge in [-0.25, -0.2) is 0 Å². The van der Waals surface area contributed by atoms with Crippen molar-refractivity contribution >= 4 is 35.0 Å². The molecule has 98 valence electrons. The fraction of sp³-hybridized carbons (Fsp3) is 0.417. The molecule has 2 rings (SSSR count). The number of thioether (sulfide) groups is 1. The van der Waals surface area contributed by atoms with E-state index in [1.165, 1.54) is 11.8 Å². The van der Waals surface area contributed by atoms with Gasteiger partial charge in [0, 0.05) is 41.8 Å². The lowest BCUT2D eigenvalue weighted by atomic mass is 10.3. The molecule has 18 heavy (non-hydrogen) atoms. The summed E-state index contributed by atoms with van der Waals surface area (Å²) in [4.78, 5) is 14.8. The van der Waals surface area contributed by atoms with Crippen molar-refractivity contribution in [2.45, 2.75) is 4.90 Å². The molecule has 0 radical (unpaired) electrons. The Morgan fingerprint density at radius 3 is 2.83 bits per heavy atom. The van der Waals surface area contributed by atoms with Crippen LogP contribution in [0, 0.1) is 0 Å². The first kappa shape index (κ1) is 13.5. The van der Waals surface area contributed by atoms with Crippen molar-refractivity contribution in [1.29, 1.82) is 0 Å². The van der Waals surface area contributed by atoms with Gasteiger partial charge < -0.3 is 16.0 Å². The van der Waals surface area contributed by atoms with Crippen LogP contribution in [0.3, 0.4) is 0 Å². The van der Waals surface area contributed by atoms with Crippen LogP contribution in [0.5, 0.6) is 0 Å². The Morgan fingerprint density at radius 2 is 2.17 bits per heavy atom. The summed E-state index contributed by atoms with van der Waals surface area (Å²) in [6, 6.07) is 5.35. The molecule has 1 amide bonds. The molecule has 0 aromatic heterocycles. The number of hydrogen-bond donors (Lipinski definition) is 2. The molecular formula is C12H16ClN3OS. The quantitative estimate of drug-likeness (QED) is 0.652. The summed E-state index contributed by atoms with van der Waals surface area (Å²) >= 11 is 7.29. The number of amides is 1. The summed E-state index contributed by atoms with van der Waals surface area (Å²) < 4.78 is 0. The van der Waals surface area contributed by atoms with Gasteiger partial charge in [0.2, 0.25) is 5.91 Å². The highest BCUT2D eigenvalue weighted by Gasteiger charge is 2.16. The zero-order valence-electron chi connectivity index (χ0n) is 9.99. The molecule has 1 aromatic carbocycles. The SMILES string of the molecule is Nc1cc(Cl)ccc1SCC(=O)N1CCNCC1. The second-order valence-corrected chi connectivity index (χ2v) is 5.56. The first-order valence-electron chi connectivity index (χ1n) is 5.83. The van der Waals surface area contributed by atoms with E-state index in [2.05, 4.69) is 5.32 Å². The molecule has 0 bridgehead atoms. The predicted molar refractivity (Wildman–Crippen MR) is 76.0 cm³/mol. The van der Waals surface area contributed by atoms with E-state index in [-0.39, 0.29) is 5.91 Å². The van der Waals surface area contributed by atoms with Crippen LogP contribution in [0.15, 0.2) is 23.1 Å². The highest BCUT2D eigenvalue weighted by Crippen LogP contribution is 2.27. The third-order valence-electron chi connectivity index (χ3n) is 2.79. The molecule has 1 aliphatic heterocycles. The number of carbonyl (C=O) groups excluding carboxylic acids is 1. The van der Waals surface area contributed by atoms with Gasteiger partial charge in [0.15, 0.2) is 0 Å². The molecule has 1 heterocycles. The number of nitrogens with one attached hydrogen (secondary N) is 1. The molecule has 0 spiro atoms. The molecule has 0 saturated carbocycles. The van der Waals surface area contributed by atoms with Crippen LogP contribution in [0.1, 0.15) is 0 Å². The lowest BCUT2D eigenvalue weighted by Crippen LogP contribution is -2.47. The molecule has 1 aromatic rings. The number of piperazine rings is 1. The third-order valence-corrected chi connectivity index (χ3v) is 4.10. The van der Waals surface area contributed by atoms with Gasteiger partial charge in [-0.15, -0.1) is 11.8 Å². The first-order chi connectivity index (χ1) is 8.66. The molecule has 1 fully saturated rings. The van der Waals surface area contributed by atoms with Crippen LogP contribution in [0.4, 0.5) is 5.69 Å². The number of nitrogens with two attached hydrogens (primary N) is 1. The van der Waals surface area contributed by atoms with Crippen LogP contribution < -0.4 is 11.1 Å². The molecule has 6 heteroatoms. The minimum Gasteiger partial charge on any atom is -0.398 e. The summed E-state index contributed by atoms with van der Waals surface area (Å²) in [5, 5.41) is 3.84. The summed E-state index contributed by atoms with van der Waals surface area (Å²) in [6.45, 7) is 3.32. The summed E-state index contributed by atoms with van der Waals surface area (Å²) in [5.74, 6) is 0.585. The van der Waals surface area contributed by atoms with E-state index >= 15 is 0 Å². The largest absolute Gasteiger partial charge is 0.398 e. The van der Waals surface area contributed by atoms with E-state index in [1.807, 2.05) is 11.0 Å². The van der Waals surface area contributed by atoms with Gasteiger partial charge in [0.25, 0.3) is 0 Å². The van der Waals surface area contributed by atoms with Gasteiger partial charge in [-0.3, -0.25) is 4.79 Å². The van der Waals surface area contributed by atoms with Gasteiger partial charge >= 0.3 is 0 Å². The molecule has 0 unspecified atom stereocenters. The number of nitrogen functional groups attached to an aromatic ring is 1. The fourth-order valence-electron chi connectivity index (χ4n) is 1.80. The van der Waals surface area contributed by atoms with E-state index in [4.69, 9.17) is 17.3 Å². The Labute approximate surface area is 116 Å². The second kappa shape index (κ2) is 6.31. The van der Waals surface area contributed by atoms with Crippen molar-refractivity contribution in [2.75, 3.05) is 37.7 Å². The lowest BCUT2D eigenvalue weighted by molar-refractivity contribution is -0.128. The van der Waals surface area contributed by atoms with Crippen LogP contribution in [-0.2, 0) is 4.79 Å². The third kappa shape index (κ3) is 3.54. The summed E-state index contributed by atoms with van der Waals surface area (Å²) in [5.41, 5.74) is 6.47. The second-order valence-electron chi connectivity index (χ2n) is 4.10. The Kier molecular flexibility index (Phi) is 4.74. The molecule has 1 aliphatic rings. The number of rotatable bonds is 3. The van der Waals surface area contributed by atoms with Crippen molar-refractivity contribution in [3.63, 3.8) is 0 Å². The first-order valence-corrected chi connectivity index (χ1v) is 7.19. The number of benzene rings is 1. The van der Waals surface area contributed by atoms with Gasteiger partial charge in [0.05, 0.1) is 5.75 Å². The highest BCUT2D eigenvalue weighted by atomic mass is 35.5. The minimum absolute atomic E-state index is 0.163. The van der Waals surface area contributed by atoms with Crippen LogP contribution in [-0.4, -0.2) is 42.7 Å². The number of carbonyl (C=O) groups is 1. The van der Waals surface area contributed by atoms with Gasteiger partial charge in [-0.05, 0) is 18.2 Å². The average molecular weight is 286 g/mol. The summed E-state index contributed by atoms with van der Waals surface area (Å²) in [7, 11) is 0. The standard InChI is InChI=1S/C12H16ClN3OS/c13-9-1-2-11(10(14)7-9)18-8-12(17)16-5-3-15-4-6-16/h1-2,7,15H,3-6,8,14H2. The highest BCUT2D eigenvalue weighted by molar-refractivity contribution is 8.00. The van der Waals surface area contributed by atoms with Gasteiger partial charge in [-0.1, -0.05) is 11.6 Å². The fourth-order valence-corrected chi connectivity index (χ4v) is 2.83. The maximum Gasteiger partial charge on any atom is 0.233 e. The summed E-state index contributed by atoms with van der Waals surface area (Å²) in [6.07, 6.45) is 0. The van der Waals surface area contributed by atoms with Gasteiger partial charge in [0.1, 0.15) is 0 Å².